The average Bonchev–Trinajstić information content (AvgIpc) is 2.75. The molecule has 0 aliphatic carbocycles. The SMILES string of the molecule is Nc1nc2ccc(NCc3ccc(C(=O)N[C@@H](CCC(=O)O)C(=O)O)cc3)c(Cl)c2c(=O)[nH]1. The molecular formula is C21H20ClN5O6. The van der Waals surface area contributed by atoms with E-state index in [0.29, 0.717) is 17.7 Å². The highest BCUT2D eigenvalue weighted by molar-refractivity contribution is 6.38. The van der Waals surface area contributed by atoms with Gasteiger partial charge in [-0.2, -0.15) is 0 Å². The minimum absolute atomic E-state index is 0.00929. The van der Waals surface area contributed by atoms with Crippen molar-refractivity contribution in [1.82, 2.24) is 15.3 Å². The minimum atomic E-state index is -1.31. The summed E-state index contributed by atoms with van der Waals surface area (Å²) in [6.07, 6.45) is -0.607. The summed E-state index contributed by atoms with van der Waals surface area (Å²) in [6.45, 7) is 0.323. The lowest BCUT2D eigenvalue weighted by atomic mass is 10.1. The number of nitrogens with one attached hydrogen (secondary N) is 3. The molecule has 0 spiro atoms. The molecule has 0 saturated heterocycles. The fourth-order valence-corrected chi connectivity index (χ4v) is 3.40. The molecule has 3 rings (SSSR count). The Balaban J connectivity index is 1.67. The third-order valence-electron chi connectivity index (χ3n) is 4.78. The van der Waals surface area contributed by atoms with Crippen LogP contribution in [0.15, 0.2) is 41.2 Å². The minimum Gasteiger partial charge on any atom is -0.481 e. The molecule has 0 bridgehead atoms. The van der Waals surface area contributed by atoms with Crippen LogP contribution in [0.5, 0.6) is 0 Å². The van der Waals surface area contributed by atoms with E-state index in [9.17, 15) is 19.2 Å². The number of aromatic nitrogens is 2. The number of hydrogen-bond donors (Lipinski definition) is 6. The van der Waals surface area contributed by atoms with Gasteiger partial charge in [-0.05, 0) is 36.2 Å². The molecule has 7 N–H and O–H groups in total. The molecule has 0 unspecified atom stereocenters. The molecule has 0 radical (unpaired) electrons. The number of hydrogen-bond acceptors (Lipinski definition) is 7. The van der Waals surface area contributed by atoms with Gasteiger partial charge in [-0.1, -0.05) is 23.7 Å². The zero-order valence-electron chi connectivity index (χ0n) is 17.1. The van der Waals surface area contributed by atoms with Crippen LogP contribution in [0.4, 0.5) is 11.6 Å². The van der Waals surface area contributed by atoms with Gasteiger partial charge in [-0.25, -0.2) is 9.78 Å². The fourth-order valence-electron chi connectivity index (χ4n) is 3.09. The molecule has 1 heterocycles. The Morgan fingerprint density at radius 1 is 1.12 bits per heavy atom. The smallest absolute Gasteiger partial charge is 0.326 e. The number of aliphatic carboxylic acids is 2. The van der Waals surface area contributed by atoms with Gasteiger partial charge < -0.3 is 26.6 Å². The Morgan fingerprint density at radius 3 is 2.45 bits per heavy atom. The van der Waals surface area contributed by atoms with Crippen LogP contribution in [0.25, 0.3) is 10.9 Å². The second kappa shape index (κ2) is 10.0. The van der Waals surface area contributed by atoms with Crippen molar-refractivity contribution < 1.29 is 24.6 Å². The van der Waals surface area contributed by atoms with E-state index in [1.54, 1.807) is 24.3 Å². The number of aromatic amines is 1. The van der Waals surface area contributed by atoms with Crippen molar-refractivity contribution in [3.05, 3.63) is 62.9 Å². The van der Waals surface area contributed by atoms with Crippen LogP contribution in [0.3, 0.4) is 0 Å². The number of rotatable bonds is 9. The van der Waals surface area contributed by atoms with Crippen LogP contribution in [0.2, 0.25) is 5.02 Å². The largest absolute Gasteiger partial charge is 0.481 e. The van der Waals surface area contributed by atoms with E-state index in [0.717, 1.165) is 5.56 Å². The molecule has 172 valence electrons. The molecule has 11 nitrogen and oxygen atoms in total. The Labute approximate surface area is 191 Å². The van der Waals surface area contributed by atoms with Crippen LogP contribution in [-0.2, 0) is 16.1 Å². The van der Waals surface area contributed by atoms with Crippen molar-refractivity contribution in [2.45, 2.75) is 25.4 Å². The lowest BCUT2D eigenvalue weighted by molar-refractivity contribution is -0.140. The van der Waals surface area contributed by atoms with Gasteiger partial charge in [0.2, 0.25) is 5.95 Å². The molecule has 33 heavy (non-hydrogen) atoms. The Morgan fingerprint density at radius 2 is 1.82 bits per heavy atom. The predicted octanol–water partition coefficient (Wildman–Crippen LogP) is 1.82. The molecule has 0 aliphatic heterocycles. The number of nitrogens with zero attached hydrogens (tertiary/aromatic N) is 1. The average molecular weight is 474 g/mol. The first-order chi connectivity index (χ1) is 15.7. The van der Waals surface area contributed by atoms with Crippen LogP contribution in [0, 0.1) is 0 Å². The van der Waals surface area contributed by atoms with Crippen molar-refractivity contribution in [1.29, 1.82) is 0 Å². The van der Waals surface area contributed by atoms with Crippen molar-refractivity contribution in [2.24, 2.45) is 0 Å². The van der Waals surface area contributed by atoms with Crippen LogP contribution < -0.4 is 21.9 Å². The van der Waals surface area contributed by atoms with Crippen LogP contribution >= 0.6 is 11.6 Å². The molecule has 3 aromatic rings. The molecule has 0 saturated carbocycles. The lowest BCUT2D eigenvalue weighted by Gasteiger charge is -2.14. The Kier molecular flexibility index (Phi) is 7.13. The number of H-pyrrole nitrogens is 1. The predicted molar refractivity (Wildman–Crippen MR) is 121 cm³/mol. The van der Waals surface area contributed by atoms with Gasteiger partial charge in [0.05, 0.1) is 21.6 Å². The van der Waals surface area contributed by atoms with Gasteiger partial charge in [0.15, 0.2) is 0 Å². The number of nitrogen functional groups attached to an aromatic ring is 1. The summed E-state index contributed by atoms with van der Waals surface area (Å²) in [6, 6.07) is 8.34. The maximum Gasteiger partial charge on any atom is 0.326 e. The van der Waals surface area contributed by atoms with Gasteiger partial charge in [-0.3, -0.25) is 19.4 Å². The number of fused-ring (bicyclic) bond motifs is 1. The highest BCUT2D eigenvalue weighted by Gasteiger charge is 2.21. The highest BCUT2D eigenvalue weighted by Crippen LogP contribution is 2.28. The lowest BCUT2D eigenvalue weighted by Crippen LogP contribution is -2.41. The van der Waals surface area contributed by atoms with Gasteiger partial charge in [0, 0.05) is 18.5 Å². The molecule has 0 aliphatic rings. The summed E-state index contributed by atoms with van der Waals surface area (Å²) in [5.41, 5.74) is 6.97. The van der Waals surface area contributed by atoms with E-state index >= 15 is 0 Å². The quantitative estimate of drug-likeness (QED) is 0.269. The maximum absolute atomic E-state index is 12.3. The molecule has 1 aromatic heterocycles. The van der Waals surface area contributed by atoms with Crippen LogP contribution in [-0.4, -0.2) is 44.1 Å². The number of carboxylic acids is 2. The third kappa shape index (κ3) is 5.77. The topological polar surface area (TPSA) is 187 Å². The first kappa shape index (κ1) is 23.5. The van der Waals surface area contributed by atoms with Gasteiger partial charge >= 0.3 is 11.9 Å². The number of carbonyl (C=O) groups excluding carboxylic acids is 1. The van der Waals surface area contributed by atoms with E-state index in [4.69, 9.17) is 27.5 Å². The van der Waals surface area contributed by atoms with Crippen molar-refractivity contribution in [3.63, 3.8) is 0 Å². The first-order valence-corrected chi connectivity index (χ1v) is 10.1. The third-order valence-corrected chi connectivity index (χ3v) is 5.17. The summed E-state index contributed by atoms with van der Waals surface area (Å²) in [4.78, 5) is 52.8. The number of carbonyl (C=O) groups is 3. The first-order valence-electron chi connectivity index (χ1n) is 9.72. The second-order valence-electron chi connectivity index (χ2n) is 7.12. The molecule has 1 atom stereocenters. The van der Waals surface area contributed by atoms with E-state index in [1.807, 2.05) is 0 Å². The number of carboxylic acid groups (broad SMARTS) is 2. The van der Waals surface area contributed by atoms with E-state index in [-0.39, 0.29) is 34.8 Å². The molecule has 1 amide bonds. The molecule has 12 heteroatoms. The number of amides is 1. The summed E-state index contributed by atoms with van der Waals surface area (Å²) in [7, 11) is 0. The van der Waals surface area contributed by atoms with Gasteiger partial charge in [0.1, 0.15) is 6.04 Å². The van der Waals surface area contributed by atoms with Crippen LogP contribution in [0.1, 0.15) is 28.8 Å². The summed E-state index contributed by atoms with van der Waals surface area (Å²) >= 11 is 6.35. The second-order valence-corrected chi connectivity index (χ2v) is 7.50. The Bertz CT molecular complexity index is 1270. The van der Waals surface area contributed by atoms with Crippen molar-refractivity contribution >= 4 is 52.0 Å². The highest BCUT2D eigenvalue weighted by atomic mass is 35.5. The summed E-state index contributed by atoms with van der Waals surface area (Å²) in [5.74, 6) is -3.10. The molecule has 0 fully saturated rings. The zero-order valence-corrected chi connectivity index (χ0v) is 17.8. The van der Waals surface area contributed by atoms with E-state index < -0.39 is 29.4 Å². The fraction of sp³-hybridized carbons (Fsp3) is 0.190. The maximum atomic E-state index is 12.3. The number of halogens is 1. The van der Waals surface area contributed by atoms with E-state index in [1.165, 1.54) is 12.1 Å². The summed E-state index contributed by atoms with van der Waals surface area (Å²) < 4.78 is 0. The molecular weight excluding hydrogens is 454 g/mol. The number of benzene rings is 2. The molecule has 2 aromatic carbocycles. The normalized spacial score (nSPS) is 11.7. The Hall–Kier alpha value is -4.12. The number of nitrogens with two attached hydrogens (primary N) is 1. The monoisotopic (exact) mass is 473 g/mol. The van der Waals surface area contributed by atoms with Crippen molar-refractivity contribution in [2.75, 3.05) is 11.1 Å². The van der Waals surface area contributed by atoms with Gasteiger partial charge in [-0.15, -0.1) is 0 Å². The van der Waals surface area contributed by atoms with Gasteiger partial charge in [0.25, 0.3) is 11.5 Å². The van der Waals surface area contributed by atoms with Crippen molar-refractivity contribution in [3.8, 4) is 0 Å². The summed E-state index contributed by atoms with van der Waals surface area (Å²) in [5, 5.41) is 23.7. The number of anilines is 2. The zero-order chi connectivity index (χ0) is 24.1. The van der Waals surface area contributed by atoms with E-state index in [2.05, 4.69) is 20.6 Å². The standard InChI is InChI=1S/C21H20ClN5O6/c22-17-13(6-5-12-16(17)19(31)27-21(23)26-12)24-9-10-1-3-11(4-2-10)18(30)25-14(20(32)33)7-8-15(28)29/h1-6,14,24H,7-9H2,(H,25,30)(H,28,29)(H,32,33)(H3,23,26,27,31)/t14-/m0/s1.